The molecule has 2 aromatic carbocycles. The van der Waals surface area contributed by atoms with Crippen molar-refractivity contribution in [2.45, 2.75) is 17.9 Å². The number of alkyl halides is 3. The van der Waals surface area contributed by atoms with Crippen LogP contribution < -0.4 is 20.1 Å². The molecule has 2 amide bonds. The number of hydrogen-bond acceptors (Lipinski definition) is 5. The summed E-state index contributed by atoms with van der Waals surface area (Å²) in [6.07, 6.45) is -5.31. The summed E-state index contributed by atoms with van der Waals surface area (Å²) in [4.78, 5) is 25.1. The van der Waals surface area contributed by atoms with E-state index in [9.17, 15) is 27.9 Å². The highest BCUT2D eigenvalue weighted by Gasteiger charge is 2.66. The van der Waals surface area contributed by atoms with Gasteiger partial charge >= 0.3 is 12.2 Å². The number of fused-ring (bicyclic) bond motifs is 1. The summed E-state index contributed by atoms with van der Waals surface area (Å²) in [6, 6.07) is 8.77. The van der Waals surface area contributed by atoms with Gasteiger partial charge in [0.1, 0.15) is 5.92 Å². The molecule has 2 aliphatic rings. The fourth-order valence-corrected chi connectivity index (χ4v) is 3.51. The fraction of sp³-hybridized carbons (Fsp3) is 0.263. The van der Waals surface area contributed by atoms with Crippen molar-refractivity contribution in [1.29, 1.82) is 0 Å². The van der Waals surface area contributed by atoms with Crippen LogP contribution in [0.15, 0.2) is 48.5 Å². The maximum absolute atomic E-state index is 13.8. The second-order valence-electron chi connectivity index (χ2n) is 6.66. The number of halogens is 3. The Labute approximate surface area is 162 Å². The van der Waals surface area contributed by atoms with Crippen LogP contribution in [0.4, 0.5) is 18.0 Å². The highest BCUT2D eigenvalue weighted by atomic mass is 19.4. The second kappa shape index (κ2) is 6.66. The molecule has 3 N–H and O–H groups in total. The zero-order chi connectivity index (χ0) is 20.8. The predicted octanol–water partition coefficient (Wildman–Crippen LogP) is 2.52. The van der Waals surface area contributed by atoms with E-state index in [1.807, 2.05) is 0 Å². The maximum Gasteiger partial charge on any atom is 0.437 e. The topological polar surface area (TPSA) is 96.9 Å². The summed E-state index contributed by atoms with van der Waals surface area (Å²) in [5, 5.41) is 14.3. The molecule has 3 atom stereocenters. The van der Waals surface area contributed by atoms with Crippen molar-refractivity contribution in [2.75, 3.05) is 6.79 Å². The number of carbonyl (C=O) groups excluding carboxylic acids is 2. The first-order valence-electron chi connectivity index (χ1n) is 8.57. The van der Waals surface area contributed by atoms with E-state index < -0.39 is 35.7 Å². The first kappa shape index (κ1) is 19.1. The molecule has 152 valence electrons. The van der Waals surface area contributed by atoms with E-state index in [4.69, 9.17) is 9.47 Å². The molecule has 0 spiro atoms. The zero-order valence-electron chi connectivity index (χ0n) is 14.7. The molecule has 0 radical (unpaired) electrons. The Morgan fingerprint density at radius 3 is 2.48 bits per heavy atom. The molecule has 10 heteroatoms. The van der Waals surface area contributed by atoms with E-state index in [0.717, 1.165) is 0 Å². The minimum Gasteiger partial charge on any atom is -0.454 e. The van der Waals surface area contributed by atoms with Gasteiger partial charge < -0.3 is 25.2 Å². The summed E-state index contributed by atoms with van der Waals surface area (Å²) in [6.45, 7) is -0.0593. The third-order valence-electron chi connectivity index (χ3n) is 4.90. The normalized spacial score (nSPS) is 25.9. The average Bonchev–Trinajstić information content (AvgIpc) is 3.14. The first-order valence-corrected chi connectivity index (χ1v) is 8.57. The Hall–Kier alpha value is -3.27. The Balaban J connectivity index is 1.84. The lowest BCUT2D eigenvalue weighted by Gasteiger charge is -2.45. The number of benzene rings is 2. The Morgan fingerprint density at radius 2 is 1.79 bits per heavy atom. The quantitative estimate of drug-likeness (QED) is 0.679. The molecule has 4 rings (SSSR count). The first-order chi connectivity index (χ1) is 13.7. The van der Waals surface area contributed by atoms with E-state index in [2.05, 4.69) is 5.32 Å². The number of Topliss-reactive ketones (excluding diaryl/α,β-unsaturated/α-hetero) is 1. The van der Waals surface area contributed by atoms with Crippen molar-refractivity contribution >= 4 is 11.8 Å². The van der Waals surface area contributed by atoms with E-state index in [0.29, 0.717) is 5.75 Å². The average molecular weight is 408 g/mol. The van der Waals surface area contributed by atoms with Gasteiger partial charge in [0, 0.05) is 5.56 Å². The van der Waals surface area contributed by atoms with Crippen LogP contribution in [-0.4, -0.2) is 35.6 Å². The van der Waals surface area contributed by atoms with Crippen molar-refractivity contribution in [3.05, 3.63) is 59.7 Å². The minimum absolute atomic E-state index is 0.0381. The van der Waals surface area contributed by atoms with E-state index in [1.54, 1.807) is 6.07 Å². The molecule has 0 aliphatic carbocycles. The smallest absolute Gasteiger partial charge is 0.437 e. The van der Waals surface area contributed by atoms with E-state index in [1.165, 1.54) is 47.8 Å². The van der Waals surface area contributed by atoms with Crippen LogP contribution in [0.2, 0.25) is 0 Å². The van der Waals surface area contributed by atoms with Gasteiger partial charge in [-0.15, -0.1) is 0 Å². The van der Waals surface area contributed by atoms with Crippen molar-refractivity contribution < 1.29 is 37.3 Å². The SMILES string of the molecule is O=C1NC(c2ccc3c(c2)OCO3)C(C(=O)c2ccccc2)C(O)(C(F)(F)F)N1. The molecule has 3 unspecified atom stereocenters. The zero-order valence-corrected chi connectivity index (χ0v) is 14.7. The molecule has 2 aliphatic heterocycles. The molecule has 0 aromatic heterocycles. The lowest BCUT2D eigenvalue weighted by atomic mass is 9.77. The summed E-state index contributed by atoms with van der Waals surface area (Å²) in [7, 11) is 0. The van der Waals surface area contributed by atoms with Crippen molar-refractivity contribution in [1.82, 2.24) is 10.6 Å². The molecule has 0 bridgehead atoms. The molecule has 2 heterocycles. The summed E-state index contributed by atoms with van der Waals surface area (Å²) in [5.41, 5.74) is -3.66. The van der Waals surface area contributed by atoms with Crippen LogP contribution in [0.1, 0.15) is 22.0 Å². The summed E-state index contributed by atoms with van der Waals surface area (Å²) < 4.78 is 52.0. The molecule has 2 aromatic rings. The Kier molecular flexibility index (Phi) is 4.38. The van der Waals surface area contributed by atoms with Crippen LogP contribution in [0.3, 0.4) is 0 Å². The van der Waals surface area contributed by atoms with Gasteiger partial charge in [-0.1, -0.05) is 36.4 Å². The molecule has 0 saturated carbocycles. The second-order valence-corrected chi connectivity index (χ2v) is 6.66. The number of rotatable bonds is 3. The molecule has 1 fully saturated rings. The van der Waals surface area contributed by atoms with Crippen molar-refractivity contribution in [3.63, 3.8) is 0 Å². The van der Waals surface area contributed by atoms with Gasteiger partial charge in [0.2, 0.25) is 12.5 Å². The lowest BCUT2D eigenvalue weighted by molar-refractivity contribution is -0.287. The molecule has 29 heavy (non-hydrogen) atoms. The maximum atomic E-state index is 13.8. The highest BCUT2D eigenvalue weighted by molar-refractivity contribution is 6.00. The van der Waals surface area contributed by atoms with Gasteiger partial charge in [0.25, 0.3) is 0 Å². The number of carbonyl (C=O) groups is 2. The van der Waals surface area contributed by atoms with Gasteiger partial charge in [-0.3, -0.25) is 4.79 Å². The van der Waals surface area contributed by atoms with Gasteiger partial charge in [-0.05, 0) is 17.7 Å². The molecular formula is C19H15F3N2O5. The largest absolute Gasteiger partial charge is 0.454 e. The van der Waals surface area contributed by atoms with E-state index in [-0.39, 0.29) is 23.7 Å². The number of urea groups is 1. The fourth-order valence-electron chi connectivity index (χ4n) is 3.51. The minimum atomic E-state index is -5.31. The number of hydrogen-bond donors (Lipinski definition) is 3. The number of ketones is 1. The summed E-state index contributed by atoms with van der Waals surface area (Å²) >= 11 is 0. The van der Waals surface area contributed by atoms with Crippen LogP contribution in [-0.2, 0) is 0 Å². The van der Waals surface area contributed by atoms with Crippen LogP contribution >= 0.6 is 0 Å². The van der Waals surface area contributed by atoms with Crippen LogP contribution in [0, 0.1) is 5.92 Å². The third kappa shape index (κ3) is 3.15. The Morgan fingerprint density at radius 1 is 1.10 bits per heavy atom. The van der Waals surface area contributed by atoms with Crippen LogP contribution in [0.5, 0.6) is 11.5 Å². The van der Waals surface area contributed by atoms with Crippen LogP contribution in [0.25, 0.3) is 0 Å². The van der Waals surface area contributed by atoms with Gasteiger partial charge in [-0.25, -0.2) is 4.79 Å². The number of amides is 2. The number of nitrogens with one attached hydrogen (secondary N) is 2. The standard InChI is InChI=1S/C19H15F3N2O5/c20-19(21,22)18(27)14(16(25)10-4-2-1-3-5-10)15(23-17(26)24-18)11-6-7-12-13(8-11)29-9-28-12/h1-8,14-15,27H,9H2,(H2,23,24,26). The lowest BCUT2D eigenvalue weighted by Crippen LogP contribution is -2.72. The van der Waals surface area contributed by atoms with Crippen molar-refractivity contribution in [2.24, 2.45) is 5.92 Å². The number of aliphatic hydroxyl groups is 1. The monoisotopic (exact) mass is 408 g/mol. The third-order valence-corrected chi connectivity index (χ3v) is 4.90. The number of ether oxygens (including phenoxy) is 2. The highest BCUT2D eigenvalue weighted by Crippen LogP contribution is 2.45. The van der Waals surface area contributed by atoms with Gasteiger partial charge in [-0.2, -0.15) is 13.2 Å². The van der Waals surface area contributed by atoms with Gasteiger partial charge in [0.05, 0.1) is 6.04 Å². The molecular weight excluding hydrogens is 393 g/mol. The molecule has 1 saturated heterocycles. The Bertz CT molecular complexity index is 966. The van der Waals surface area contributed by atoms with Crippen molar-refractivity contribution in [3.8, 4) is 11.5 Å². The van der Waals surface area contributed by atoms with Gasteiger partial charge in [0.15, 0.2) is 17.3 Å². The van der Waals surface area contributed by atoms with E-state index >= 15 is 0 Å². The summed E-state index contributed by atoms with van der Waals surface area (Å²) in [5.74, 6) is -2.44. The predicted molar refractivity (Wildman–Crippen MR) is 92.2 cm³/mol. The molecule has 7 nitrogen and oxygen atoms in total.